The molecule has 108 valence electrons. The normalized spacial score (nSPS) is 9.81. The van der Waals surface area contributed by atoms with Gasteiger partial charge >= 0.3 is 0 Å². The Balaban J connectivity index is 2.05. The lowest BCUT2D eigenvalue weighted by Gasteiger charge is -2.17. The Morgan fingerprint density at radius 1 is 1.43 bits per heavy atom. The van der Waals surface area contributed by atoms with Crippen LogP contribution in [0.15, 0.2) is 30.6 Å². The standard InChI is InChI=1S/C14H15N5O2/c1-18(14(21)10-19-11-15-16-17-19)9-13-6-3-2-5-12(13)7-4-8-20/h2-3,5-6,11,20H,8-10H2,1H3. The number of benzene rings is 1. The first-order valence-corrected chi connectivity index (χ1v) is 6.33. The Morgan fingerprint density at radius 3 is 2.95 bits per heavy atom. The van der Waals surface area contributed by atoms with E-state index in [1.807, 2.05) is 24.3 Å². The fourth-order valence-corrected chi connectivity index (χ4v) is 1.77. The van der Waals surface area contributed by atoms with Crippen LogP contribution in [0.1, 0.15) is 11.1 Å². The molecule has 1 aromatic heterocycles. The summed E-state index contributed by atoms with van der Waals surface area (Å²) in [5.41, 5.74) is 1.72. The Bertz CT molecular complexity index is 657. The van der Waals surface area contributed by atoms with E-state index in [4.69, 9.17) is 5.11 Å². The van der Waals surface area contributed by atoms with Crippen molar-refractivity contribution in [3.63, 3.8) is 0 Å². The van der Waals surface area contributed by atoms with E-state index in [9.17, 15) is 4.79 Å². The quantitative estimate of drug-likeness (QED) is 0.778. The zero-order valence-corrected chi connectivity index (χ0v) is 11.6. The fourth-order valence-electron chi connectivity index (χ4n) is 1.77. The third kappa shape index (κ3) is 4.12. The molecule has 0 bridgehead atoms. The minimum Gasteiger partial charge on any atom is -0.384 e. The Labute approximate surface area is 122 Å². The summed E-state index contributed by atoms with van der Waals surface area (Å²) in [6, 6.07) is 7.52. The van der Waals surface area contributed by atoms with E-state index in [0.29, 0.717) is 6.54 Å². The second-order valence-corrected chi connectivity index (χ2v) is 4.37. The lowest BCUT2D eigenvalue weighted by molar-refractivity contribution is -0.131. The van der Waals surface area contributed by atoms with E-state index < -0.39 is 0 Å². The minimum absolute atomic E-state index is 0.0913. The average Bonchev–Trinajstić information content (AvgIpc) is 2.99. The smallest absolute Gasteiger partial charge is 0.244 e. The highest BCUT2D eigenvalue weighted by atomic mass is 16.2. The van der Waals surface area contributed by atoms with Gasteiger partial charge in [-0.05, 0) is 22.1 Å². The van der Waals surface area contributed by atoms with Crippen molar-refractivity contribution in [1.82, 2.24) is 25.1 Å². The number of carbonyl (C=O) groups excluding carboxylic acids is 1. The van der Waals surface area contributed by atoms with Crippen molar-refractivity contribution in [1.29, 1.82) is 0 Å². The van der Waals surface area contributed by atoms with Crippen LogP contribution in [0.2, 0.25) is 0 Å². The van der Waals surface area contributed by atoms with Crippen LogP contribution in [-0.4, -0.2) is 49.8 Å². The second-order valence-electron chi connectivity index (χ2n) is 4.37. The molecular weight excluding hydrogens is 270 g/mol. The van der Waals surface area contributed by atoms with Gasteiger partial charge in [0.25, 0.3) is 0 Å². The summed E-state index contributed by atoms with van der Waals surface area (Å²) in [4.78, 5) is 13.7. The SMILES string of the molecule is CN(Cc1ccccc1C#CCO)C(=O)Cn1cnnn1. The van der Waals surface area contributed by atoms with Crippen LogP contribution in [0.4, 0.5) is 0 Å². The number of hydrogen-bond donors (Lipinski definition) is 1. The van der Waals surface area contributed by atoms with Gasteiger partial charge in [0.1, 0.15) is 19.5 Å². The van der Waals surface area contributed by atoms with E-state index in [1.54, 1.807) is 11.9 Å². The molecule has 7 heteroatoms. The molecule has 0 saturated carbocycles. The summed E-state index contributed by atoms with van der Waals surface area (Å²) in [5, 5.41) is 19.4. The molecule has 0 aliphatic heterocycles. The summed E-state index contributed by atoms with van der Waals surface area (Å²) >= 11 is 0. The van der Waals surface area contributed by atoms with Gasteiger partial charge in [0.15, 0.2) is 0 Å². The van der Waals surface area contributed by atoms with E-state index in [-0.39, 0.29) is 19.1 Å². The number of rotatable bonds is 4. The number of tetrazole rings is 1. The van der Waals surface area contributed by atoms with Crippen molar-refractivity contribution in [2.75, 3.05) is 13.7 Å². The van der Waals surface area contributed by atoms with Crippen LogP contribution in [-0.2, 0) is 17.9 Å². The highest BCUT2D eigenvalue weighted by Crippen LogP contribution is 2.10. The van der Waals surface area contributed by atoms with Crippen LogP contribution in [0.3, 0.4) is 0 Å². The molecule has 1 aromatic carbocycles. The Morgan fingerprint density at radius 2 is 2.24 bits per heavy atom. The molecule has 0 spiro atoms. The number of likely N-dealkylation sites (N-methyl/N-ethyl adjacent to an activating group) is 1. The molecule has 0 atom stereocenters. The lowest BCUT2D eigenvalue weighted by Crippen LogP contribution is -2.30. The molecule has 1 N–H and O–H groups in total. The molecule has 0 unspecified atom stereocenters. The zero-order chi connectivity index (χ0) is 15.1. The summed E-state index contributed by atoms with van der Waals surface area (Å²) in [6.45, 7) is 0.327. The monoisotopic (exact) mass is 285 g/mol. The predicted molar refractivity (Wildman–Crippen MR) is 74.7 cm³/mol. The maximum atomic E-state index is 12.1. The van der Waals surface area contributed by atoms with Crippen LogP contribution >= 0.6 is 0 Å². The first-order valence-electron chi connectivity index (χ1n) is 6.33. The summed E-state index contributed by atoms with van der Waals surface area (Å²) in [6.07, 6.45) is 1.40. The molecule has 21 heavy (non-hydrogen) atoms. The van der Waals surface area contributed by atoms with E-state index in [2.05, 4.69) is 27.4 Å². The molecule has 1 amide bonds. The maximum absolute atomic E-state index is 12.1. The minimum atomic E-state index is -0.192. The number of aromatic nitrogens is 4. The number of carbonyl (C=O) groups is 1. The fraction of sp³-hybridized carbons (Fsp3) is 0.286. The van der Waals surface area contributed by atoms with Gasteiger partial charge < -0.3 is 10.0 Å². The summed E-state index contributed by atoms with van der Waals surface area (Å²) < 4.78 is 1.37. The van der Waals surface area contributed by atoms with Crippen LogP contribution in [0, 0.1) is 11.8 Å². The zero-order valence-electron chi connectivity index (χ0n) is 11.6. The van der Waals surface area contributed by atoms with Crippen molar-refractivity contribution in [2.45, 2.75) is 13.1 Å². The molecule has 0 radical (unpaired) electrons. The van der Waals surface area contributed by atoms with Gasteiger partial charge in [-0.15, -0.1) is 5.10 Å². The van der Waals surface area contributed by atoms with Gasteiger partial charge in [-0.3, -0.25) is 4.79 Å². The third-order valence-corrected chi connectivity index (χ3v) is 2.84. The number of amides is 1. The maximum Gasteiger partial charge on any atom is 0.244 e. The topological polar surface area (TPSA) is 84.1 Å². The molecular formula is C14H15N5O2. The summed E-state index contributed by atoms with van der Waals surface area (Å²) in [5.74, 6) is 5.39. The van der Waals surface area contributed by atoms with Crippen LogP contribution in [0.5, 0.6) is 0 Å². The molecule has 0 aliphatic rings. The lowest BCUT2D eigenvalue weighted by atomic mass is 10.1. The number of aliphatic hydroxyl groups is 1. The first kappa shape index (κ1) is 14.7. The van der Waals surface area contributed by atoms with Gasteiger partial charge in [-0.25, -0.2) is 4.68 Å². The molecule has 2 rings (SSSR count). The highest BCUT2D eigenvalue weighted by Gasteiger charge is 2.12. The van der Waals surface area contributed by atoms with Gasteiger partial charge in [-0.1, -0.05) is 30.0 Å². The molecule has 7 nitrogen and oxygen atoms in total. The van der Waals surface area contributed by atoms with E-state index in [0.717, 1.165) is 11.1 Å². The number of aliphatic hydroxyl groups excluding tert-OH is 1. The van der Waals surface area contributed by atoms with Crippen LogP contribution < -0.4 is 0 Å². The first-order chi connectivity index (χ1) is 10.2. The van der Waals surface area contributed by atoms with Crippen LogP contribution in [0.25, 0.3) is 0 Å². The largest absolute Gasteiger partial charge is 0.384 e. The number of nitrogens with zero attached hydrogens (tertiary/aromatic N) is 5. The van der Waals surface area contributed by atoms with Gasteiger partial charge in [0.2, 0.25) is 5.91 Å². The molecule has 0 saturated heterocycles. The molecule has 1 heterocycles. The average molecular weight is 285 g/mol. The van der Waals surface area contributed by atoms with Gasteiger partial charge in [-0.2, -0.15) is 0 Å². The Hall–Kier alpha value is -2.72. The molecule has 0 aliphatic carbocycles. The Kier molecular flexibility index (Phi) is 5.01. The van der Waals surface area contributed by atoms with Crippen molar-refractivity contribution in [3.8, 4) is 11.8 Å². The van der Waals surface area contributed by atoms with Crippen molar-refractivity contribution < 1.29 is 9.90 Å². The van der Waals surface area contributed by atoms with E-state index in [1.165, 1.54) is 11.0 Å². The van der Waals surface area contributed by atoms with Crippen molar-refractivity contribution >= 4 is 5.91 Å². The molecule has 2 aromatic rings. The van der Waals surface area contributed by atoms with E-state index >= 15 is 0 Å². The van der Waals surface area contributed by atoms with Gasteiger partial charge in [0, 0.05) is 19.2 Å². The predicted octanol–water partition coefficient (Wildman–Crippen LogP) is -0.325. The van der Waals surface area contributed by atoms with Crippen molar-refractivity contribution in [3.05, 3.63) is 41.7 Å². The summed E-state index contributed by atoms with van der Waals surface area (Å²) in [7, 11) is 1.71. The van der Waals surface area contributed by atoms with Gasteiger partial charge in [0.05, 0.1) is 0 Å². The second kappa shape index (κ2) is 7.17. The number of hydrogen-bond acceptors (Lipinski definition) is 5. The highest BCUT2D eigenvalue weighted by molar-refractivity contribution is 5.75. The van der Waals surface area contributed by atoms with Crippen molar-refractivity contribution in [2.24, 2.45) is 0 Å². The third-order valence-electron chi connectivity index (χ3n) is 2.84. The molecule has 0 fully saturated rings.